The van der Waals surface area contributed by atoms with E-state index < -0.39 is 12.8 Å². The number of hydrogen-bond acceptors (Lipinski definition) is 3. The van der Waals surface area contributed by atoms with Gasteiger partial charge in [0.15, 0.2) is 5.96 Å². The van der Waals surface area contributed by atoms with Gasteiger partial charge in [-0.3, -0.25) is 4.79 Å². The summed E-state index contributed by atoms with van der Waals surface area (Å²) in [7, 11) is 0. The normalized spacial score (nSPS) is 16.9. The van der Waals surface area contributed by atoms with Crippen LogP contribution in [0.2, 0.25) is 0 Å². The van der Waals surface area contributed by atoms with Crippen LogP contribution < -0.4 is 10.6 Å². The number of nitrogens with zero attached hydrogens (tertiary/aromatic N) is 2. The summed E-state index contributed by atoms with van der Waals surface area (Å²) in [5.41, 5.74) is 1.62. The molecule has 1 aliphatic rings. The highest BCUT2D eigenvalue weighted by molar-refractivity contribution is 14.0. The number of halogens is 4. The molecule has 6 nitrogen and oxygen atoms in total. The Kier molecular flexibility index (Phi) is 11.6. The van der Waals surface area contributed by atoms with Crippen LogP contribution in [0.25, 0.3) is 0 Å². The Morgan fingerprint density at radius 1 is 1.26 bits per heavy atom. The number of rotatable bonds is 8. The number of carbonyl (C=O) groups is 1. The predicted octanol–water partition coefficient (Wildman–Crippen LogP) is 3.70. The van der Waals surface area contributed by atoms with E-state index in [1.165, 1.54) is 0 Å². The summed E-state index contributed by atoms with van der Waals surface area (Å²) in [6.45, 7) is 7.00. The van der Waals surface area contributed by atoms with E-state index >= 15 is 0 Å². The van der Waals surface area contributed by atoms with E-state index in [9.17, 15) is 18.0 Å². The lowest BCUT2D eigenvalue weighted by Gasteiger charge is -2.20. The van der Waals surface area contributed by atoms with Crippen molar-refractivity contribution < 1.29 is 22.7 Å². The van der Waals surface area contributed by atoms with Crippen LogP contribution in [0.3, 0.4) is 0 Å². The van der Waals surface area contributed by atoms with E-state index in [0.29, 0.717) is 31.2 Å². The van der Waals surface area contributed by atoms with E-state index in [-0.39, 0.29) is 48.5 Å². The van der Waals surface area contributed by atoms with Crippen molar-refractivity contribution >= 4 is 35.8 Å². The average molecular weight is 556 g/mol. The van der Waals surface area contributed by atoms with Gasteiger partial charge >= 0.3 is 6.18 Å². The number of benzene rings is 1. The second-order valence-corrected chi connectivity index (χ2v) is 7.69. The van der Waals surface area contributed by atoms with Crippen LogP contribution in [0.15, 0.2) is 29.3 Å². The highest BCUT2D eigenvalue weighted by atomic mass is 127. The van der Waals surface area contributed by atoms with Crippen molar-refractivity contribution in [1.82, 2.24) is 15.5 Å². The molecule has 1 amide bonds. The van der Waals surface area contributed by atoms with Gasteiger partial charge in [-0.25, -0.2) is 4.99 Å². The standard InChI is InChI=1S/C21H31F3N4O2.HI/c1-4-25-20(27-18-9-10-28(12-18)19(29)15(2)3)26-11-16-5-7-17(8-6-16)13-30-14-21(22,23)24;/h5-8,15,18H,4,9-14H2,1-3H3,(H2,25,26,27);1H. The third-order valence-corrected chi connectivity index (χ3v) is 4.66. The maximum absolute atomic E-state index is 12.1. The van der Waals surface area contributed by atoms with Crippen LogP contribution >= 0.6 is 24.0 Å². The molecule has 1 aromatic carbocycles. The first-order chi connectivity index (χ1) is 14.2. The van der Waals surface area contributed by atoms with Crippen LogP contribution in [-0.2, 0) is 22.7 Å². The van der Waals surface area contributed by atoms with Crippen molar-refractivity contribution in [2.75, 3.05) is 26.2 Å². The van der Waals surface area contributed by atoms with E-state index in [4.69, 9.17) is 0 Å². The molecule has 2 N–H and O–H groups in total. The number of nitrogens with one attached hydrogen (secondary N) is 2. The molecule has 31 heavy (non-hydrogen) atoms. The summed E-state index contributed by atoms with van der Waals surface area (Å²) in [6, 6.07) is 7.30. The maximum atomic E-state index is 12.1. The quantitative estimate of drug-likeness (QED) is 0.291. The summed E-state index contributed by atoms with van der Waals surface area (Å²) >= 11 is 0. The molecule has 0 radical (unpaired) electrons. The molecule has 1 heterocycles. The smallest absolute Gasteiger partial charge is 0.367 e. The monoisotopic (exact) mass is 556 g/mol. The molecule has 0 bridgehead atoms. The zero-order valence-corrected chi connectivity index (χ0v) is 20.5. The Morgan fingerprint density at radius 2 is 1.90 bits per heavy atom. The third-order valence-electron chi connectivity index (χ3n) is 4.66. The van der Waals surface area contributed by atoms with Gasteiger partial charge in [0.25, 0.3) is 0 Å². The van der Waals surface area contributed by atoms with Crippen LogP contribution in [0.5, 0.6) is 0 Å². The number of guanidine groups is 1. The minimum absolute atomic E-state index is 0. The molecule has 0 aromatic heterocycles. The molecule has 176 valence electrons. The van der Waals surface area contributed by atoms with Crippen LogP contribution in [-0.4, -0.2) is 55.2 Å². The lowest BCUT2D eigenvalue weighted by molar-refractivity contribution is -0.176. The number of aliphatic imine (C=N–C) groups is 1. The molecule has 1 atom stereocenters. The molecule has 0 aliphatic carbocycles. The van der Waals surface area contributed by atoms with E-state index in [0.717, 1.165) is 18.5 Å². The molecule has 2 rings (SSSR count). The summed E-state index contributed by atoms with van der Waals surface area (Å²) in [5, 5.41) is 6.59. The highest BCUT2D eigenvalue weighted by Crippen LogP contribution is 2.16. The number of carbonyl (C=O) groups excluding carboxylic acids is 1. The van der Waals surface area contributed by atoms with E-state index in [2.05, 4.69) is 20.4 Å². The molecular formula is C21H32F3IN4O2. The van der Waals surface area contributed by atoms with Gasteiger partial charge in [-0.05, 0) is 24.5 Å². The van der Waals surface area contributed by atoms with Gasteiger partial charge < -0.3 is 20.3 Å². The summed E-state index contributed by atoms with van der Waals surface area (Å²) in [5.74, 6) is 0.840. The fraction of sp³-hybridized carbons (Fsp3) is 0.619. The van der Waals surface area contributed by atoms with E-state index in [1.54, 1.807) is 12.1 Å². The average Bonchev–Trinajstić information content (AvgIpc) is 3.14. The fourth-order valence-corrected chi connectivity index (χ4v) is 3.15. The first-order valence-electron chi connectivity index (χ1n) is 10.2. The maximum Gasteiger partial charge on any atom is 0.411 e. The number of ether oxygens (including phenoxy) is 1. The van der Waals surface area contributed by atoms with Gasteiger partial charge in [-0.1, -0.05) is 38.1 Å². The van der Waals surface area contributed by atoms with Gasteiger partial charge in [-0.15, -0.1) is 24.0 Å². The minimum atomic E-state index is -4.32. The molecule has 1 aliphatic heterocycles. The molecule has 1 aromatic rings. The fourth-order valence-electron chi connectivity index (χ4n) is 3.15. The summed E-state index contributed by atoms with van der Waals surface area (Å²) in [6.07, 6.45) is -3.45. The largest absolute Gasteiger partial charge is 0.411 e. The number of alkyl halides is 3. The Labute approximate surface area is 199 Å². The van der Waals surface area contributed by atoms with Crippen molar-refractivity contribution in [2.24, 2.45) is 10.9 Å². The molecule has 0 saturated carbocycles. The number of likely N-dealkylation sites (tertiary alicyclic amines) is 1. The first kappa shape index (κ1) is 27.5. The Balaban J connectivity index is 0.00000480. The van der Waals surface area contributed by atoms with Gasteiger partial charge in [0.1, 0.15) is 6.61 Å². The predicted molar refractivity (Wildman–Crippen MR) is 125 cm³/mol. The lowest BCUT2D eigenvalue weighted by Crippen LogP contribution is -2.45. The van der Waals surface area contributed by atoms with Crippen molar-refractivity contribution in [2.45, 2.75) is 52.6 Å². The van der Waals surface area contributed by atoms with Crippen molar-refractivity contribution in [3.8, 4) is 0 Å². The Bertz CT molecular complexity index is 712. The molecular weight excluding hydrogens is 524 g/mol. The van der Waals surface area contributed by atoms with Gasteiger partial charge in [0.2, 0.25) is 5.91 Å². The zero-order chi connectivity index (χ0) is 22.1. The topological polar surface area (TPSA) is 66.0 Å². The van der Waals surface area contributed by atoms with Crippen LogP contribution in [0, 0.1) is 5.92 Å². The summed E-state index contributed by atoms with van der Waals surface area (Å²) < 4.78 is 41.1. The molecule has 0 spiro atoms. The molecule has 10 heteroatoms. The molecule has 1 saturated heterocycles. The Morgan fingerprint density at radius 3 is 2.48 bits per heavy atom. The second-order valence-electron chi connectivity index (χ2n) is 7.69. The second kappa shape index (κ2) is 13.1. The van der Waals surface area contributed by atoms with Crippen molar-refractivity contribution in [3.63, 3.8) is 0 Å². The number of amides is 1. The number of hydrogen-bond donors (Lipinski definition) is 2. The van der Waals surface area contributed by atoms with Gasteiger partial charge in [0.05, 0.1) is 13.2 Å². The Hall–Kier alpha value is -1.56. The summed E-state index contributed by atoms with van der Waals surface area (Å²) in [4.78, 5) is 18.6. The molecule has 1 fully saturated rings. The van der Waals surface area contributed by atoms with Crippen molar-refractivity contribution in [3.05, 3.63) is 35.4 Å². The molecule has 1 unspecified atom stereocenters. The van der Waals surface area contributed by atoms with E-state index in [1.807, 2.05) is 37.8 Å². The third kappa shape index (κ3) is 10.1. The van der Waals surface area contributed by atoms with Crippen LogP contribution in [0.1, 0.15) is 38.3 Å². The van der Waals surface area contributed by atoms with Crippen LogP contribution in [0.4, 0.5) is 13.2 Å². The van der Waals surface area contributed by atoms with Gasteiger partial charge in [0, 0.05) is 31.6 Å². The minimum Gasteiger partial charge on any atom is -0.367 e. The lowest BCUT2D eigenvalue weighted by atomic mass is 10.1. The SMILES string of the molecule is CCNC(=NCc1ccc(COCC(F)(F)F)cc1)NC1CCN(C(=O)C(C)C)C1.I. The first-order valence-corrected chi connectivity index (χ1v) is 10.2. The van der Waals surface area contributed by atoms with Crippen molar-refractivity contribution in [1.29, 1.82) is 0 Å². The highest BCUT2D eigenvalue weighted by Gasteiger charge is 2.28. The van der Waals surface area contributed by atoms with Gasteiger partial charge in [-0.2, -0.15) is 13.2 Å². The zero-order valence-electron chi connectivity index (χ0n) is 18.2.